The largest absolute Gasteiger partial charge is 0.298 e. The zero-order valence-electron chi connectivity index (χ0n) is 9.85. The van der Waals surface area contributed by atoms with E-state index >= 15 is 0 Å². The van der Waals surface area contributed by atoms with E-state index in [1.165, 1.54) is 0 Å². The summed E-state index contributed by atoms with van der Waals surface area (Å²) in [6.07, 6.45) is 2.27. The number of ketones is 1. The Morgan fingerprint density at radius 3 is 2.33 bits per heavy atom. The fourth-order valence-corrected chi connectivity index (χ4v) is 2.50. The van der Waals surface area contributed by atoms with E-state index in [2.05, 4.69) is 0 Å². The molecule has 2 heteroatoms. The van der Waals surface area contributed by atoms with Crippen molar-refractivity contribution in [1.82, 2.24) is 0 Å². The number of fused-ring (bicyclic) bond motifs is 1. The molecular weight excluding hydrogens is 224 g/mol. The third-order valence-corrected chi connectivity index (χ3v) is 3.44. The Kier molecular flexibility index (Phi) is 2.56. The van der Waals surface area contributed by atoms with Crippen molar-refractivity contribution in [3.63, 3.8) is 0 Å². The van der Waals surface area contributed by atoms with Crippen molar-refractivity contribution in [2.75, 3.05) is 0 Å². The lowest BCUT2D eigenvalue weighted by atomic mass is 9.96. The summed E-state index contributed by atoms with van der Waals surface area (Å²) in [4.78, 5) is 22.3. The standard InChI is InChI=1S/C16H12O2/c17-10-11-4-6-12(7-5-11)13-2-1-3-15-14(13)8-9-16(15)18/h1-7,10H,8-9H2. The zero-order chi connectivity index (χ0) is 12.5. The minimum Gasteiger partial charge on any atom is -0.298 e. The fourth-order valence-electron chi connectivity index (χ4n) is 2.50. The van der Waals surface area contributed by atoms with Gasteiger partial charge in [0.1, 0.15) is 6.29 Å². The van der Waals surface area contributed by atoms with Crippen molar-refractivity contribution in [1.29, 1.82) is 0 Å². The van der Waals surface area contributed by atoms with Crippen LogP contribution >= 0.6 is 0 Å². The summed E-state index contributed by atoms with van der Waals surface area (Å²) < 4.78 is 0. The summed E-state index contributed by atoms with van der Waals surface area (Å²) in [5.41, 5.74) is 4.83. The molecule has 18 heavy (non-hydrogen) atoms. The predicted molar refractivity (Wildman–Crippen MR) is 69.9 cm³/mol. The maximum atomic E-state index is 11.7. The molecular formula is C16H12O2. The van der Waals surface area contributed by atoms with Gasteiger partial charge in [0.05, 0.1) is 0 Å². The zero-order valence-corrected chi connectivity index (χ0v) is 9.85. The van der Waals surface area contributed by atoms with Gasteiger partial charge in [0.15, 0.2) is 5.78 Å². The number of aldehydes is 1. The summed E-state index contributed by atoms with van der Waals surface area (Å²) in [7, 11) is 0. The first-order valence-electron chi connectivity index (χ1n) is 6.00. The number of hydrogen-bond donors (Lipinski definition) is 0. The lowest BCUT2D eigenvalue weighted by molar-refractivity contribution is 0.0994. The summed E-state index contributed by atoms with van der Waals surface area (Å²) >= 11 is 0. The van der Waals surface area contributed by atoms with E-state index in [1.807, 2.05) is 30.3 Å². The van der Waals surface area contributed by atoms with Crippen LogP contribution in [0.5, 0.6) is 0 Å². The number of hydrogen-bond acceptors (Lipinski definition) is 2. The first kappa shape index (κ1) is 10.9. The molecule has 0 aliphatic heterocycles. The molecule has 0 spiro atoms. The maximum Gasteiger partial charge on any atom is 0.163 e. The third kappa shape index (κ3) is 1.66. The van der Waals surface area contributed by atoms with E-state index in [1.54, 1.807) is 12.1 Å². The van der Waals surface area contributed by atoms with Crippen LogP contribution in [-0.2, 0) is 6.42 Å². The molecule has 2 aromatic carbocycles. The van der Waals surface area contributed by atoms with Crippen molar-refractivity contribution in [2.24, 2.45) is 0 Å². The minimum atomic E-state index is 0.233. The van der Waals surface area contributed by atoms with E-state index in [0.717, 1.165) is 35.0 Å². The SMILES string of the molecule is O=Cc1ccc(-c2cccc3c2CCC3=O)cc1. The Hall–Kier alpha value is -2.22. The number of carbonyl (C=O) groups is 2. The van der Waals surface area contributed by atoms with Gasteiger partial charge >= 0.3 is 0 Å². The molecule has 0 aromatic heterocycles. The van der Waals surface area contributed by atoms with Gasteiger partial charge in [-0.1, -0.05) is 42.5 Å². The van der Waals surface area contributed by atoms with E-state index in [9.17, 15) is 9.59 Å². The van der Waals surface area contributed by atoms with Gasteiger partial charge in [0, 0.05) is 17.5 Å². The molecule has 0 fully saturated rings. The van der Waals surface area contributed by atoms with Crippen LogP contribution in [0, 0.1) is 0 Å². The first-order valence-corrected chi connectivity index (χ1v) is 6.00. The minimum absolute atomic E-state index is 0.233. The highest BCUT2D eigenvalue weighted by atomic mass is 16.1. The molecule has 2 nitrogen and oxygen atoms in total. The molecule has 3 rings (SSSR count). The van der Waals surface area contributed by atoms with Gasteiger partial charge in [0.2, 0.25) is 0 Å². The second kappa shape index (κ2) is 4.22. The lowest BCUT2D eigenvalue weighted by Gasteiger charge is -2.07. The van der Waals surface area contributed by atoms with Crippen LogP contribution in [0.15, 0.2) is 42.5 Å². The van der Waals surface area contributed by atoms with Crippen LogP contribution in [-0.4, -0.2) is 12.1 Å². The molecule has 1 aliphatic rings. The Labute approximate surface area is 105 Å². The highest BCUT2D eigenvalue weighted by Crippen LogP contribution is 2.32. The monoisotopic (exact) mass is 236 g/mol. The number of rotatable bonds is 2. The molecule has 0 unspecified atom stereocenters. The summed E-state index contributed by atoms with van der Waals surface area (Å²) in [5.74, 6) is 0.233. The molecule has 0 saturated carbocycles. The van der Waals surface area contributed by atoms with Crippen LogP contribution in [0.3, 0.4) is 0 Å². The molecule has 0 N–H and O–H groups in total. The van der Waals surface area contributed by atoms with Gasteiger partial charge in [-0.25, -0.2) is 0 Å². The average molecular weight is 236 g/mol. The molecule has 0 saturated heterocycles. The lowest BCUT2D eigenvalue weighted by Crippen LogP contribution is -1.92. The predicted octanol–water partition coefficient (Wildman–Crippen LogP) is 3.30. The fraction of sp³-hybridized carbons (Fsp3) is 0.125. The van der Waals surface area contributed by atoms with Crippen molar-refractivity contribution in [3.8, 4) is 11.1 Å². The van der Waals surface area contributed by atoms with E-state index in [4.69, 9.17) is 0 Å². The topological polar surface area (TPSA) is 34.1 Å². The third-order valence-electron chi connectivity index (χ3n) is 3.44. The number of carbonyl (C=O) groups excluding carboxylic acids is 2. The van der Waals surface area contributed by atoms with Crippen LogP contribution in [0.4, 0.5) is 0 Å². The van der Waals surface area contributed by atoms with E-state index in [-0.39, 0.29) is 5.78 Å². The number of benzene rings is 2. The van der Waals surface area contributed by atoms with Gasteiger partial charge < -0.3 is 0 Å². The van der Waals surface area contributed by atoms with Crippen molar-refractivity contribution >= 4 is 12.1 Å². The second-order valence-corrected chi connectivity index (χ2v) is 4.49. The summed E-state index contributed by atoms with van der Waals surface area (Å²) in [5, 5.41) is 0. The van der Waals surface area contributed by atoms with Crippen molar-refractivity contribution in [3.05, 3.63) is 59.2 Å². The van der Waals surface area contributed by atoms with Crippen molar-refractivity contribution in [2.45, 2.75) is 12.8 Å². The molecule has 0 amide bonds. The van der Waals surface area contributed by atoms with Crippen LogP contribution in [0.1, 0.15) is 32.7 Å². The summed E-state index contributed by atoms with van der Waals surface area (Å²) in [6.45, 7) is 0. The quantitative estimate of drug-likeness (QED) is 0.750. The molecule has 0 atom stereocenters. The molecule has 0 radical (unpaired) electrons. The molecule has 2 aromatic rings. The van der Waals surface area contributed by atoms with Crippen LogP contribution in [0.25, 0.3) is 11.1 Å². The molecule has 0 bridgehead atoms. The van der Waals surface area contributed by atoms with Gasteiger partial charge in [-0.2, -0.15) is 0 Å². The van der Waals surface area contributed by atoms with Crippen molar-refractivity contribution < 1.29 is 9.59 Å². The first-order chi connectivity index (χ1) is 8.79. The molecule has 0 heterocycles. The number of Topliss-reactive ketones (excluding diaryl/α,β-unsaturated/α-hetero) is 1. The second-order valence-electron chi connectivity index (χ2n) is 4.49. The van der Waals surface area contributed by atoms with E-state index < -0.39 is 0 Å². The Morgan fingerprint density at radius 2 is 1.61 bits per heavy atom. The average Bonchev–Trinajstić information content (AvgIpc) is 2.81. The molecule has 1 aliphatic carbocycles. The highest BCUT2D eigenvalue weighted by molar-refractivity contribution is 6.02. The highest BCUT2D eigenvalue weighted by Gasteiger charge is 2.21. The van der Waals surface area contributed by atoms with Gasteiger partial charge in [-0.05, 0) is 23.1 Å². The smallest absolute Gasteiger partial charge is 0.163 e. The Morgan fingerprint density at radius 1 is 0.889 bits per heavy atom. The van der Waals surface area contributed by atoms with Gasteiger partial charge in [-0.15, -0.1) is 0 Å². The Balaban J connectivity index is 2.12. The molecule has 88 valence electrons. The van der Waals surface area contributed by atoms with Crippen LogP contribution < -0.4 is 0 Å². The van der Waals surface area contributed by atoms with E-state index in [0.29, 0.717) is 12.0 Å². The van der Waals surface area contributed by atoms with Gasteiger partial charge in [-0.3, -0.25) is 9.59 Å². The summed E-state index contributed by atoms with van der Waals surface area (Å²) in [6, 6.07) is 13.3. The van der Waals surface area contributed by atoms with Gasteiger partial charge in [0.25, 0.3) is 0 Å². The maximum absolute atomic E-state index is 11.7. The Bertz CT molecular complexity index is 624. The van der Waals surface area contributed by atoms with Crippen LogP contribution in [0.2, 0.25) is 0 Å². The normalized spacial score (nSPS) is 13.4.